The number of thioether (sulfide) groups is 1. The fourth-order valence-electron chi connectivity index (χ4n) is 6.58. The smallest absolute Gasteiger partial charge is 0.311 e. The van der Waals surface area contributed by atoms with Gasteiger partial charge in [0, 0.05) is 25.5 Å². The number of phenolic OH excluding ortho intramolecular Hbond substituents is 1. The van der Waals surface area contributed by atoms with E-state index in [2.05, 4.69) is 26.6 Å². The van der Waals surface area contributed by atoms with Crippen molar-refractivity contribution < 1.29 is 63.3 Å². The zero-order valence-corrected chi connectivity index (χ0v) is 35.4. The van der Waals surface area contributed by atoms with Crippen LogP contribution in [0.25, 0.3) is 0 Å². The van der Waals surface area contributed by atoms with Gasteiger partial charge in [0.15, 0.2) is 5.78 Å². The Hall–Kier alpha value is -5.73. The molecule has 7 amide bonds. The predicted octanol–water partition coefficient (Wildman–Crippen LogP) is -0.558. The Morgan fingerprint density at radius 3 is 2.00 bits per heavy atom. The second-order valence-corrected chi connectivity index (χ2v) is 16.3. The van der Waals surface area contributed by atoms with Crippen molar-refractivity contribution in [2.75, 3.05) is 18.6 Å². The first-order valence-electron chi connectivity index (χ1n) is 19.4. The van der Waals surface area contributed by atoms with Gasteiger partial charge < -0.3 is 52.5 Å². The number of nitrogens with two attached hydrogens (primary N) is 1. The fraction of sp³-hybridized carbons (Fsp3) is 0.590. The Labute approximate surface area is 351 Å². The molecule has 0 aromatic heterocycles. The molecule has 0 spiro atoms. The van der Waals surface area contributed by atoms with Crippen LogP contribution in [0.3, 0.4) is 0 Å². The van der Waals surface area contributed by atoms with Crippen molar-refractivity contribution >= 4 is 70.8 Å². The van der Waals surface area contributed by atoms with Gasteiger partial charge >= 0.3 is 11.9 Å². The zero-order valence-electron chi connectivity index (χ0n) is 34.6. The average molecular weight is 864 g/mol. The molecule has 60 heavy (non-hydrogen) atoms. The van der Waals surface area contributed by atoms with Gasteiger partial charge in [-0.05, 0) is 67.2 Å². The third-order valence-corrected chi connectivity index (χ3v) is 10.2. The van der Waals surface area contributed by atoms with Gasteiger partial charge in [0.05, 0.1) is 6.42 Å². The van der Waals surface area contributed by atoms with E-state index in [9.17, 15) is 63.3 Å². The summed E-state index contributed by atoms with van der Waals surface area (Å²) >= 11 is 1.43. The molecule has 20 nitrogen and oxygen atoms in total. The number of Topliss-reactive ketones (excluding diaryl/α,β-unsaturated/α-hetero) is 1. The lowest BCUT2D eigenvalue weighted by atomic mass is 9.94. The van der Waals surface area contributed by atoms with E-state index in [0.29, 0.717) is 12.2 Å². The molecule has 0 saturated carbocycles. The SMILES string of the molecule is CSCC[C@H](NC(=O)[C@@H]1CCCN1C(=O)[C@@H](NC(=O)[C@H](Cc1ccc(O)cc1C(=O)CC(=O)O)NC(=O)[C@H](CC(=O)O)NC(C)=O)C(C)C)C(=O)N[C@@H](CC(C)C)C(N)=O. The van der Waals surface area contributed by atoms with Crippen LogP contribution < -0.4 is 32.3 Å². The molecule has 1 aliphatic rings. The summed E-state index contributed by atoms with van der Waals surface area (Å²) in [4.78, 5) is 130. The summed E-state index contributed by atoms with van der Waals surface area (Å²) in [6.45, 7) is 8.08. The molecule has 1 aromatic carbocycles. The second kappa shape index (κ2) is 23.8. The highest BCUT2D eigenvalue weighted by Gasteiger charge is 2.41. The van der Waals surface area contributed by atoms with E-state index in [-0.39, 0.29) is 42.9 Å². The van der Waals surface area contributed by atoms with Crippen LogP contribution in [0, 0.1) is 11.8 Å². The van der Waals surface area contributed by atoms with Crippen molar-refractivity contribution in [3.63, 3.8) is 0 Å². The first-order valence-corrected chi connectivity index (χ1v) is 20.8. The molecule has 1 saturated heterocycles. The molecule has 0 bridgehead atoms. The Balaban J connectivity index is 2.47. The van der Waals surface area contributed by atoms with Crippen LogP contribution in [-0.2, 0) is 49.6 Å². The van der Waals surface area contributed by atoms with Gasteiger partial charge in [0.1, 0.15) is 48.4 Å². The monoisotopic (exact) mass is 863 g/mol. The Bertz CT molecular complexity index is 1770. The standard InChI is InChI=1S/C39H57N7O13S/c1-19(2)14-26(34(40)54)43-35(55)25(11-13-60-6)42-38(58)29-8-7-12-46(29)39(59)33(20(3)4)45-37(57)27(44-36(56)28(17-31(50)51)41-21(5)47)15-22-9-10-23(48)16-24(22)30(49)18-32(52)53/h9-10,16,19-20,25-29,33,48H,7-8,11-15,17-18H2,1-6H3,(H2,40,54)(H,41,47)(H,42,58)(H,43,55)(H,44,56)(H,45,57)(H,50,51)(H,52,53)/t25-,26-,27-,28-,29-,33-/m0/s1. The van der Waals surface area contributed by atoms with Gasteiger partial charge in [-0.2, -0.15) is 11.8 Å². The highest BCUT2D eigenvalue weighted by Crippen LogP contribution is 2.23. The highest BCUT2D eigenvalue weighted by molar-refractivity contribution is 7.98. The number of carboxylic acids is 2. The van der Waals surface area contributed by atoms with Gasteiger partial charge in [0.2, 0.25) is 41.4 Å². The number of primary amides is 1. The Morgan fingerprint density at radius 1 is 0.833 bits per heavy atom. The number of carboxylic acid groups (broad SMARTS) is 2. The van der Waals surface area contributed by atoms with E-state index in [0.717, 1.165) is 19.1 Å². The van der Waals surface area contributed by atoms with Crippen LogP contribution in [0.1, 0.15) is 89.1 Å². The lowest BCUT2D eigenvalue weighted by Crippen LogP contribution is -2.60. The van der Waals surface area contributed by atoms with Crippen LogP contribution in [0.15, 0.2) is 18.2 Å². The van der Waals surface area contributed by atoms with Crippen LogP contribution in [-0.4, -0.2) is 134 Å². The van der Waals surface area contributed by atoms with Crippen LogP contribution >= 0.6 is 11.8 Å². The normalized spacial score (nSPS) is 16.1. The van der Waals surface area contributed by atoms with Crippen molar-refractivity contribution in [1.29, 1.82) is 0 Å². The summed E-state index contributed by atoms with van der Waals surface area (Å²) in [5.74, 6) is -9.97. The summed E-state index contributed by atoms with van der Waals surface area (Å²) in [5.41, 5.74) is 5.24. The van der Waals surface area contributed by atoms with Gasteiger partial charge in [-0.25, -0.2) is 0 Å². The van der Waals surface area contributed by atoms with E-state index < -0.39 is 126 Å². The zero-order chi connectivity index (χ0) is 45.4. The third kappa shape index (κ3) is 15.8. The molecule has 0 radical (unpaired) electrons. The number of nitrogens with one attached hydrogen (secondary N) is 5. The molecular formula is C39H57N7O13S. The summed E-state index contributed by atoms with van der Waals surface area (Å²) in [6.07, 6.45) is 0.509. The minimum Gasteiger partial charge on any atom is -0.508 e. The number of carbonyl (C=O) groups excluding carboxylic acids is 8. The fourth-order valence-corrected chi connectivity index (χ4v) is 7.05. The summed E-state index contributed by atoms with van der Waals surface area (Å²) in [5, 5.41) is 41.3. The molecule has 1 aliphatic heterocycles. The molecule has 332 valence electrons. The molecule has 0 unspecified atom stereocenters. The minimum atomic E-state index is -1.68. The number of ketones is 1. The molecule has 10 N–H and O–H groups in total. The van der Waals surface area contributed by atoms with Crippen LogP contribution in [0.5, 0.6) is 5.75 Å². The number of aromatic hydroxyl groups is 1. The van der Waals surface area contributed by atoms with E-state index in [1.54, 1.807) is 13.8 Å². The maximum atomic E-state index is 14.3. The highest BCUT2D eigenvalue weighted by atomic mass is 32.2. The lowest BCUT2D eigenvalue weighted by Gasteiger charge is -2.32. The van der Waals surface area contributed by atoms with Gasteiger partial charge in [-0.15, -0.1) is 0 Å². The predicted molar refractivity (Wildman–Crippen MR) is 217 cm³/mol. The second-order valence-electron chi connectivity index (χ2n) is 15.3. The average Bonchev–Trinajstić information content (AvgIpc) is 3.64. The molecular weight excluding hydrogens is 807 g/mol. The number of phenols is 1. The topological polar surface area (TPSA) is 321 Å². The number of likely N-dealkylation sites (tertiary alicyclic amines) is 1. The third-order valence-electron chi connectivity index (χ3n) is 9.52. The van der Waals surface area contributed by atoms with E-state index in [4.69, 9.17) is 5.73 Å². The molecule has 1 heterocycles. The van der Waals surface area contributed by atoms with Gasteiger partial charge in [-0.3, -0.25) is 47.9 Å². The molecule has 1 fully saturated rings. The summed E-state index contributed by atoms with van der Waals surface area (Å²) in [6, 6.07) is -4.40. The van der Waals surface area contributed by atoms with E-state index in [1.807, 2.05) is 20.1 Å². The van der Waals surface area contributed by atoms with Crippen LogP contribution in [0.2, 0.25) is 0 Å². The number of aliphatic carboxylic acids is 2. The number of amides is 7. The first kappa shape index (κ1) is 50.4. The molecule has 21 heteroatoms. The lowest BCUT2D eigenvalue weighted by molar-refractivity contribution is -0.143. The van der Waals surface area contributed by atoms with Crippen molar-refractivity contribution in [2.24, 2.45) is 17.6 Å². The summed E-state index contributed by atoms with van der Waals surface area (Å²) in [7, 11) is 0. The van der Waals surface area contributed by atoms with Crippen molar-refractivity contribution in [2.45, 2.75) is 116 Å². The Kier molecular flexibility index (Phi) is 20.0. The Morgan fingerprint density at radius 2 is 1.45 bits per heavy atom. The maximum Gasteiger partial charge on any atom is 0.311 e. The van der Waals surface area contributed by atoms with E-state index in [1.165, 1.54) is 22.7 Å². The largest absolute Gasteiger partial charge is 0.508 e. The van der Waals surface area contributed by atoms with Crippen molar-refractivity contribution in [1.82, 2.24) is 31.5 Å². The molecule has 1 aromatic rings. The summed E-state index contributed by atoms with van der Waals surface area (Å²) < 4.78 is 0. The van der Waals surface area contributed by atoms with Crippen LogP contribution in [0.4, 0.5) is 0 Å². The number of hydrogen-bond acceptors (Lipinski definition) is 12. The number of rotatable bonds is 24. The molecule has 6 atom stereocenters. The molecule has 0 aliphatic carbocycles. The number of nitrogens with zero attached hydrogens (tertiary/aromatic N) is 1. The van der Waals surface area contributed by atoms with Crippen molar-refractivity contribution in [3.05, 3.63) is 29.3 Å². The van der Waals surface area contributed by atoms with Crippen molar-refractivity contribution in [3.8, 4) is 5.75 Å². The quantitative estimate of drug-likeness (QED) is 0.0465. The number of benzene rings is 1. The minimum absolute atomic E-state index is 0.00364. The van der Waals surface area contributed by atoms with Gasteiger partial charge in [-0.1, -0.05) is 33.8 Å². The molecule has 2 rings (SSSR count). The van der Waals surface area contributed by atoms with E-state index >= 15 is 0 Å². The number of carbonyl (C=O) groups is 10. The maximum absolute atomic E-state index is 14.3. The first-order chi connectivity index (χ1) is 28.0. The number of hydrogen-bond donors (Lipinski definition) is 9. The van der Waals surface area contributed by atoms with Gasteiger partial charge in [0.25, 0.3) is 0 Å².